The summed E-state index contributed by atoms with van der Waals surface area (Å²) in [5.74, 6) is 0. The van der Waals surface area contributed by atoms with Gasteiger partial charge in [-0.1, -0.05) is 6.58 Å². The number of methoxy groups -OCH3 is 1. The van der Waals surface area contributed by atoms with Gasteiger partial charge in [0.2, 0.25) is 0 Å². The second-order valence-corrected chi connectivity index (χ2v) is 2.02. The first kappa shape index (κ1) is 4.76. The van der Waals surface area contributed by atoms with Crippen molar-refractivity contribution >= 4 is 10.2 Å². The van der Waals surface area contributed by atoms with E-state index in [2.05, 4.69) is 11.3 Å². The highest BCUT2D eigenvalue weighted by Gasteiger charge is 1.65. The molecular formula is C3H8OSi. The Bertz CT molecular complexity index is 42.2. The third kappa shape index (κ3) is 3.76. The van der Waals surface area contributed by atoms with Crippen LogP contribution in [0.15, 0.2) is 12.0 Å². The van der Waals surface area contributed by atoms with E-state index in [1.807, 2.05) is 0 Å². The van der Waals surface area contributed by atoms with E-state index in [-0.39, 0.29) is 0 Å². The molecule has 0 fully saturated rings. The van der Waals surface area contributed by atoms with Gasteiger partial charge in [-0.2, -0.15) is 0 Å². The summed E-state index contributed by atoms with van der Waals surface area (Å²) in [5.41, 5.74) is 0. The molecule has 1 nitrogen and oxygen atoms in total. The quantitative estimate of drug-likeness (QED) is 0.309. The first-order valence-corrected chi connectivity index (χ1v) is 2.47. The van der Waals surface area contributed by atoms with Gasteiger partial charge < -0.3 is 4.74 Å². The molecule has 0 aliphatic carbocycles. The molecule has 0 N–H and O–H groups in total. The highest BCUT2D eigenvalue weighted by molar-refractivity contribution is 6.19. The van der Waals surface area contributed by atoms with Crippen LogP contribution in [0.5, 0.6) is 0 Å². The van der Waals surface area contributed by atoms with E-state index in [1.54, 1.807) is 7.11 Å². The van der Waals surface area contributed by atoms with Gasteiger partial charge in [0.1, 0.15) is 0 Å². The van der Waals surface area contributed by atoms with E-state index < -0.39 is 0 Å². The fraction of sp³-hybridized carbons (Fsp3) is 0.333. The van der Waals surface area contributed by atoms with Crippen molar-refractivity contribution in [3.05, 3.63) is 12.0 Å². The van der Waals surface area contributed by atoms with Crippen LogP contribution in [0.3, 0.4) is 0 Å². The summed E-state index contributed by atoms with van der Waals surface area (Å²) >= 11 is 0. The van der Waals surface area contributed by atoms with Gasteiger partial charge in [-0.15, -0.1) is 0 Å². The van der Waals surface area contributed by atoms with Crippen molar-refractivity contribution in [2.45, 2.75) is 0 Å². The molecule has 30 valence electrons. The van der Waals surface area contributed by atoms with Crippen LogP contribution >= 0.6 is 0 Å². The van der Waals surface area contributed by atoms with Crippen molar-refractivity contribution in [1.82, 2.24) is 0 Å². The largest absolute Gasteiger partial charge is 0.508 e. The average molecular weight is 88.2 g/mol. The summed E-state index contributed by atoms with van der Waals surface area (Å²) < 4.78 is 4.62. The summed E-state index contributed by atoms with van der Waals surface area (Å²) in [5, 5.41) is 0.894. The van der Waals surface area contributed by atoms with Gasteiger partial charge in [-0.25, -0.2) is 0 Å². The molecule has 0 aliphatic rings. The second kappa shape index (κ2) is 2.02. The molecule has 0 aromatic rings. The van der Waals surface area contributed by atoms with Crippen LogP contribution in [0.2, 0.25) is 0 Å². The topological polar surface area (TPSA) is 9.23 Å². The first-order chi connectivity index (χ1) is 2.27. The zero-order valence-electron chi connectivity index (χ0n) is 3.62. The first-order valence-electron chi connectivity index (χ1n) is 1.47. The SMILES string of the molecule is C=C([SiH3])OC. The lowest BCUT2D eigenvalue weighted by Crippen LogP contribution is -1.77. The van der Waals surface area contributed by atoms with E-state index in [1.165, 1.54) is 0 Å². The van der Waals surface area contributed by atoms with Crippen LogP contribution in [-0.4, -0.2) is 17.4 Å². The summed E-state index contributed by atoms with van der Waals surface area (Å²) in [7, 11) is 2.59. The van der Waals surface area contributed by atoms with Crippen LogP contribution in [0.25, 0.3) is 0 Å². The van der Waals surface area contributed by atoms with Gasteiger partial charge in [0.05, 0.1) is 22.7 Å². The third-order valence-corrected chi connectivity index (χ3v) is 0.757. The van der Waals surface area contributed by atoms with E-state index in [4.69, 9.17) is 0 Å². The van der Waals surface area contributed by atoms with Crippen LogP contribution in [0, 0.1) is 0 Å². The van der Waals surface area contributed by atoms with Crippen molar-refractivity contribution in [1.29, 1.82) is 0 Å². The summed E-state index contributed by atoms with van der Waals surface area (Å²) in [6.45, 7) is 3.51. The van der Waals surface area contributed by atoms with Gasteiger partial charge in [-0.05, 0) is 0 Å². The molecule has 0 aliphatic heterocycles. The molecule has 2 heteroatoms. The predicted molar refractivity (Wildman–Crippen MR) is 26.1 cm³/mol. The smallest absolute Gasteiger partial charge is 0.0824 e. The van der Waals surface area contributed by atoms with Crippen LogP contribution in [0.4, 0.5) is 0 Å². The monoisotopic (exact) mass is 88.0 g/mol. The molecule has 0 radical (unpaired) electrons. The standard InChI is InChI=1S/C3H8OSi/c1-3(5)4-2/h1H2,2,5H3. The van der Waals surface area contributed by atoms with Gasteiger partial charge in [0.15, 0.2) is 0 Å². The third-order valence-electron chi connectivity index (χ3n) is 0.348. The lowest BCUT2D eigenvalue weighted by molar-refractivity contribution is 0.323. The molecule has 0 aromatic carbocycles. The summed E-state index contributed by atoms with van der Waals surface area (Å²) in [6, 6.07) is 0. The molecule has 0 saturated carbocycles. The molecule has 0 atom stereocenters. The van der Waals surface area contributed by atoms with Crippen molar-refractivity contribution in [2.75, 3.05) is 7.11 Å². The molecule has 0 aromatic heterocycles. The Labute approximate surface area is 35.1 Å². The zero-order chi connectivity index (χ0) is 4.28. The number of hydrogen-bond acceptors (Lipinski definition) is 1. The molecule has 0 unspecified atom stereocenters. The second-order valence-electron chi connectivity index (χ2n) is 0.906. The fourth-order valence-electron chi connectivity index (χ4n) is 0. The van der Waals surface area contributed by atoms with Crippen LogP contribution < -0.4 is 0 Å². The minimum absolute atomic E-state index is 0.894. The average Bonchev–Trinajstić information content (AvgIpc) is 1.38. The number of hydrogen-bond donors (Lipinski definition) is 0. The molecular weight excluding hydrogens is 80.1 g/mol. The van der Waals surface area contributed by atoms with Crippen LogP contribution in [-0.2, 0) is 4.74 Å². The minimum Gasteiger partial charge on any atom is -0.508 e. The maximum Gasteiger partial charge on any atom is 0.0824 e. The maximum atomic E-state index is 4.62. The summed E-state index contributed by atoms with van der Waals surface area (Å²) in [4.78, 5) is 0. The van der Waals surface area contributed by atoms with Gasteiger partial charge >= 0.3 is 0 Å². The Kier molecular flexibility index (Phi) is 1.92. The molecule has 0 rings (SSSR count). The molecule has 0 saturated heterocycles. The Morgan fingerprint density at radius 3 is 2.20 bits per heavy atom. The highest BCUT2D eigenvalue weighted by Crippen LogP contribution is 1.73. The van der Waals surface area contributed by atoms with E-state index in [0.29, 0.717) is 0 Å². The zero-order valence-corrected chi connectivity index (χ0v) is 5.62. The molecule has 0 amide bonds. The van der Waals surface area contributed by atoms with Gasteiger partial charge in [0, 0.05) is 0 Å². The summed E-state index contributed by atoms with van der Waals surface area (Å²) in [6.07, 6.45) is 0. The lowest BCUT2D eigenvalue weighted by atomic mass is 11.1. The fourth-order valence-corrected chi connectivity index (χ4v) is 0. The Hall–Kier alpha value is -0.243. The minimum atomic E-state index is 0.894. The Morgan fingerprint density at radius 2 is 2.20 bits per heavy atom. The molecule has 0 bridgehead atoms. The van der Waals surface area contributed by atoms with E-state index in [9.17, 15) is 0 Å². The Morgan fingerprint density at radius 1 is 2.00 bits per heavy atom. The lowest BCUT2D eigenvalue weighted by Gasteiger charge is -1.88. The molecule has 0 heterocycles. The molecule has 5 heavy (non-hydrogen) atoms. The van der Waals surface area contributed by atoms with Crippen molar-refractivity contribution in [3.63, 3.8) is 0 Å². The maximum absolute atomic E-state index is 4.62. The van der Waals surface area contributed by atoms with Crippen molar-refractivity contribution in [3.8, 4) is 0 Å². The van der Waals surface area contributed by atoms with Crippen molar-refractivity contribution < 1.29 is 4.74 Å². The van der Waals surface area contributed by atoms with Crippen LogP contribution in [0.1, 0.15) is 0 Å². The van der Waals surface area contributed by atoms with E-state index >= 15 is 0 Å². The van der Waals surface area contributed by atoms with E-state index in [0.717, 1.165) is 15.6 Å². The predicted octanol–water partition coefficient (Wildman–Crippen LogP) is -0.531. The Balaban J connectivity index is 2.85. The number of rotatable bonds is 1. The molecule has 0 spiro atoms. The highest BCUT2D eigenvalue weighted by atomic mass is 28.1. The van der Waals surface area contributed by atoms with Gasteiger partial charge in [0.25, 0.3) is 0 Å². The van der Waals surface area contributed by atoms with Gasteiger partial charge in [-0.3, -0.25) is 0 Å². The normalized spacial score (nSPS) is 7.40. The van der Waals surface area contributed by atoms with Crippen molar-refractivity contribution in [2.24, 2.45) is 0 Å². The number of ether oxygens (including phenoxy) is 1.